The summed E-state index contributed by atoms with van der Waals surface area (Å²) in [6.07, 6.45) is 0.326. The average molecular weight is 367 g/mol. The number of carbonyl (C=O) groups is 1. The van der Waals surface area contributed by atoms with Crippen LogP contribution in [-0.2, 0) is 11.3 Å². The SMILES string of the molecule is CCCOC(=O)Nc1cccc(-c2c(N)c3cc(OC)ccc3n2CC)c1. The number of carbonyl (C=O) groups excluding carboxylic acids is 1. The van der Waals surface area contributed by atoms with E-state index in [4.69, 9.17) is 15.2 Å². The van der Waals surface area contributed by atoms with Crippen LogP contribution in [0.25, 0.3) is 22.2 Å². The summed E-state index contributed by atoms with van der Waals surface area (Å²) in [5, 5.41) is 3.72. The second kappa shape index (κ2) is 8.03. The molecule has 1 heterocycles. The second-order valence-electron chi connectivity index (χ2n) is 6.23. The molecule has 0 atom stereocenters. The zero-order chi connectivity index (χ0) is 19.4. The Bertz CT molecular complexity index is 963. The molecule has 0 fully saturated rings. The van der Waals surface area contributed by atoms with E-state index in [1.165, 1.54) is 0 Å². The van der Waals surface area contributed by atoms with E-state index < -0.39 is 6.09 Å². The van der Waals surface area contributed by atoms with Gasteiger partial charge in [0, 0.05) is 23.2 Å². The number of aryl methyl sites for hydroxylation is 1. The van der Waals surface area contributed by atoms with Crippen molar-refractivity contribution in [2.24, 2.45) is 0 Å². The van der Waals surface area contributed by atoms with Crippen molar-refractivity contribution in [2.45, 2.75) is 26.8 Å². The Balaban J connectivity index is 2.03. The van der Waals surface area contributed by atoms with E-state index in [9.17, 15) is 4.79 Å². The van der Waals surface area contributed by atoms with Gasteiger partial charge in [-0.15, -0.1) is 0 Å². The van der Waals surface area contributed by atoms with Gasteiger partial charge in [-0.3, -0.25) is 5.32 Å². The standard InChI is InChI=1S/C21H25N3O3/c1-4-11-27-21(25)23-15-8-6-7-14(12-15)20-19(22)17-13-16(26-3)9-10-18(17)24(20)5-2/h6-10,12-13H,4-5,11,22H2,1-3H3,(H,23,25). The van der Waals surface area contributed by atoms with Crippen LogP contribution in [0, 0.1) is 0 Å². The number of nitrogens with zero attached hydrogens (tertiary/aromatic N) is 1. The maximum atomic E-state index is 11.8. The maximum absolute atomic E-state index is 11.8. The molecule has 0 bridgehead atoms. The molecule has 0 aliphatic rings. The number of ether oxygens (including phenoxy) is 2. The van der Waals surface area contributed by atoms with Crippen LogP contribution in [0.2, 0.25) is 0 Å². The summed E-state index contributed by atoms with van der Waals surface area (Å²) in [7, 11) is 1.64. The van der Waals surface area contributed by atoms with Crippen LogP contribution in [0.15, 0.2) is 42.5 Å². The first-order chi connectivity index (χ1) is 13.1. The second-order valence-corrected chi connectivity index (χ2v) is 6.23. The molecule has 2 aromatic carbocycles. The Labute approximate surface area is 158 Å². The van der Waals surface area contributed by atoms with Crippen molar-refractivity contribution in [1.82, 2.24) is 4.57 Å². The molecule has 0 unspecified atom stereocenters. The highest BCUT2D eigenvalue weighted by Crippen LogP contribution is 2.38. The maximum Gasteiger partial charge on any atom is 0.411 e. The molecule has 1 aromatic heterocycles. The number of benzene rings is 2. The van der Waals surface area contributed by atoms with Crippen molar-refractivity contribution in [1.29, 1.82) is 0 Å². The van der Waals surface area contributed by atoms with E-state index in [1.54, 1.807) is 7.11 Å². The van der Waals surface area contributed by atoms with Crippen LogP contribution in [0.5, 0.6) is 5.75 Å². The van der Waals surface area contributed by atoms with Crippen molar-refractivity contribution >= 4 is 28.4 Å². The number of anilines is 2. The largest absolute Gasteiger partial charge is 0.497 e. The summed E-state index contributed by atoms with van der Waals surface area (Å²) < 4.78 is 12.6. The number of amides is 1. The fraction of sp³-hybridized carbons (Fsp3) is 0.286. The highest BCUT2D eigenvalue weighted by Gasteiger charge is 2.17. The molecule has 1 amide bonds. The molecule has 6 heteroatoms. The third-order valence-electron chi connectivity index (χ3n) is 4.45. The summed E-state index contributed by atoms with van der Waals surface area (Å²) in [6, 6.07) is 13.5. The van der Waals surface area contributed by atoms with E-state index in [0.29, 0.717) is 18.0 Å². The molecule has 142 valence electrons. The van der Waals surface area contributed by atoms with E-state index in [2.05, 4.69) is 16.8 Å². The molecule has 3 rings (SSSR count). The van der Waals surface area contributed by atoms with Gasteiger partial charge in [-0.1, -0.05) is 19.1 Å². The summed E-state index contributed by atoms with van der Waals surface area (Å²) in [5.41, 5.74) is 10.8. The van der Waals surface area contributed by atoms with Crippen LogP contribution in [0.3, 0.4) is 0 Å². The highest BCUT2D eigenvalue weighted by atomic mass is 16.5. The van der Waals surface area contributed by atoms with Gasteiger partial charge in [0.1, 0.15) is 5.75 Å². The van der Waals surface area contributed by atoms with Crippen molar-refractivity contribution in [3.63, 3.8) is 0 Å². The van der Waals surface area contributed by atoms with Gasteiger partial charge in [-0.05, 0) is 43.7 Å². The molecule has 0 spiro atoms. The smallest absolute Gasteiger partial charge is 0.411 e. The Morgan fingerprint density at radius 2 is 2.00 bits per heavy atom. The Hall–Kier alpha value is -3.15. The molecule has 3 N–H and O–H groups in total. The molecule has 6 nitrogen and oxygen atoms in total. The van der Waals surface area contributed by atoms with E-state index in [-0.39, 0.29) is 0 Å². The zero-order valence-corrected chi connectivity index (χ0v) is 15.9. The van der Waals surface area contributed by atoms with Gasteiger partial charge in [0.25, 0.3) is 0 Å². The van der Waals surface area contributed by atoms with Crippen LogP contribution >= 0.6 is 0 Å². The van der Waals surface area contributed by atoms with Gasteiger partial charge in [0.2, 0.25) is 0 Å². The number of nitrogen functional groups attached to an aromatic ring is 1. The topological polar surface area (TPSA) is 78.5 Å². The lowest BCUT2D eigenvalue weighted by molar-refractivity contribution is 0.161. The molecule has 0 saturated carbocycles. The number of methoxy groups -OCH3 is 1. The average Bonchev–Trinajstić information content (AvgIpc) is 2.97. The molecule has 0 aliphatic carbocycles. The molecule has 3 aromatic rings. The fourth-order valence-corrected chi connectivity index (χ4v) is 3.22. The lowest BCUT2D eigenvalue weighted by atomic mass is 10.1. The molecular weight excluding hydrogens is 342 g/mol. The Morgan fingerprint density at radius 3 is 2.70 bits per heavy atom. The minimum atomic E-state index is -0.456. The molecular formula is C21H25N3O3. The van der Waals surface area contributed by atoms with Crippen molar-refractivity contribution in [3.05, 3.63) is 42.5 Å². The van der Waals surface area contributed by atoms with E-state index in [1.807, 2.05) is 49.4 Å². The summed E-state index contributed by atoms with van der Waals surface area (Å²) in [5.74, 6) is 0.767. The summed E-state index contributed by atoms with van der Waals surface area (Å²) >= 11 is 0. The fourth-order valence-electron chi connectivity index (χ4n) is 3.22. The predicted molar refractivity (Wildman–Crippen MR) is 109 cm³/mol. The quantitative estimate of drug-likeness (QED) is 0.651. The normalized spacial score (nSPS) is 10.8. The predicted octanol–water partition coefficient (Wildman–Crippen LogP) is 4.88. The lowest BCUT2D eigenvalue weighted by Gasteiger charge is -2.11. The first-order valence-electron chi connectivity index (χ1n) is 9.09. The minimum Gasteiger partial charge on any atom is -0.497 e. The van der Waals surface area contributed by atoms with Crippen LogP contribution in [0.1, 0.15) is 20.3 Å². The molecule has 0 radical (unpaired) electrons. The monoisotopic (exact) mass is 367 g/mol. The summed E-state index contributed by atoms with van der Waals surface area (Å²) in [6.45, 7) is 5.20. The van der Waals surface area contributed by atoms with Crippen LogP contribution in [-0.4, -0.2) is 24.4 Å². The van der Waals surface area contributed by atoms with Crippen LogP contribution in [0.4, 0.5) is 16.2 Å². The Kier molecular flexibility index (Phi) is 5.54. The number of hydrogen-bond acceptors (Lipinski definition) is 4. The molecule has 0 saturated heterocycles. The van der Waals surface area contributed by atoms with Crippen molar-refractivity contribution in [2.75, 3.05) is 24.8 Å². The number of hydrogen-bond donors (Lipinski definition) is 2. The highest BCUT2D eigenvalue weighted by molar-refractivity contribution is 6.02. The number of aromatic nitrogens is 1. The molecule has 27 heavy (non-hydrogen) atoms. The van der Waals surface area contributed by atoms with Crippen molar-refractivity contribution < 1.29 is 14.3 Å². The summed E-state index contributed by atoms with van der Waals surface area (Å²) in [4.78, 5) is 11.8. The van der Waals surface area contributed by atoms with Crippen molar-refractivity contribution in [3.8, 4) is 17.0 Å². The number of fused-ring (bicyclic) bond motifs is 1. The van der Waals surface area contributed by atoms with Gasteiger partial charge in [0.15, 0.2) is 0 Å². The number of rotatable bonds is 6. The van der Waals surface area contributed by atoms with E-state index >= 15 is 0 Å². The van der Waals surface area contributed by atoms with Crippen LogP contribution < -0.4 is 15.8 Å². The van der Waals surface area contributed by atoms with Gasteiger partial charge >= 0.3 is 6.09 Å². The minimum absolute atomic E-state index is 0.393. The van der Waals surface area contributed by atoms with Gasteiger partial charge < -0.3 is 19.8 Å². The third kappa shape index (κ3) is 3.69. The number of nitrogens with two attached hydrogens (primary N) is 1. The number of nitrogens with one attached hydrogen (secondary N) is 1. The zero-order valence-electron chi connectivity index (χ0n) is 15.9. The Morgan fingerprint density at radius 1 is 1.19 bits per heavy atom. The first-order valence-corrected chi connectivity index (χ1v) is 9.09. The first kappa shape index (κ1) is 18.6. The van der Waals surface area contributed by atoms with Gasteiger partial charge in [-0.25, -0.2) is 4.79 Å². The van der Waals surface area contributed by atoms with Gasteiger partial charge in [-0.2, -0.15) is 0 Å². The van der Waals surface area contributed by atoms with Gasteiger partial charge in [0.05, 0.1) is 30.6 Å². The van der Waals surface area contributed by atoms with E-state index in [0.717, 1.165) is 40.9 Å². The third-order valence-corrected chi connectivity index (χ3v) is 4.45. The lowest BCUT2D eigenvalue weighted by Crippen LogP contribution is -2.14. The molecule has 0 aliphatic heterocycles.